The Kier molecular flexibility index (Phi) is 2.59. The Balaban J connectivity index is 2.92. The van der Waals surface area contributed by atoms with Crippen molar-refractivity contribution in [1.29, 1.82) is 0 Å². The van der Waals surface area contributed by atoms with Gasteiger partial charge in [-0.2, -0.15) is 0 Å². The Morgan fingerprint density at radius 2 is 2.00 bits per heavy atom. The summed E-state index contributed by atoms with van der Waals surface area (Å²) in [5.41, 5.74) is 7.42. The zero-order valence-corrected chi connectivity index (χ0v) is 9.03. The fraction of sp³-hybridized carbons (Fsp3) is 0.600. The molecule has 0 spiro atoms. The van der Waals surface area contributed by atoms with Crippen LogP contribution in [0.1, 0.15) is 44.2 Å². The Morgan fingerprint density at radius 3 is 2.25 bits per heavy atom. The Labute approximate surface area is 78.6 Å². The molecule has 2 heteroatoms. The van der Waals surface area contributed by atoms with Crippen LogP contribution >= 0.6 is 11.3 Å². The van der Waals surface area contributed by atoms with Crippen LogP contribution in [0.15, 0.2) is 11.4 Å². The summed E-state index contributed by atoms with van der Waals surface area (Å²) in [5, 5.41) is 2.21. The van der Waals surface area contributed by atoms with Crippen molar-refractivity contribution in [2.24, 2.45) is 5.73 Å². The van der Waals surface area contributed by atoms with Gasteiger partial charge in [-0.3, -0.25) is 0 Å². The number of thiophene rings is 1. The van der Waals surface area contributed by atoms with E-state index < -0.39 is 0 Å². The van der Waals surface area contributed by atoms with E-state index in [4.69, 9.17) is 5.73 Å². The number of nitrogens with two attached hydrogens (primary N) is 1. The quantitative estimate of drug-likeness (QED) is 0.711. The molecule has 0 aliphatic heterocycles. The van der Waals surface area contributed by atoms with Crippen LogP contribution in [-0.4, -0.2) is 0 Å². The number of hydrogen-bond donors (Lipinski definition) is 1. The van der Waals surface area contributed by atoms with Gasteiger partial charge in [-0.1, -0.05) is 20.8 Å². The first kappa shape index (κ1) is 9.75. The summed E-state index contributed by atoms with van der Waals surface area (Å²) in [5.74, 6) is 0. The lowest BCUT2D eigenvalue weighted by Gasteiger charge is -2.15. The highest BCUT2D eigenvalue weighted by atomic mass is 32.1. The highest BCUT2D eigenvalue weighted by molar-refractivity contribution is 7.10. The molecule has 1 nitrogen and oxygen atoms in total. The largest absolute Gasteiger partial charge is 0.324 e. The van der Waals surface area contributed by atoms with Crippen LogP contribution < -0.4 is 5.73 Å². The first-order valence-corrected chi connectivity index (χ1v) is 5.13. The van der Waals surface area contributed by atoms with Gasteiger partial charge in [0.2, 0.25) is 0 Å². The van der Waals surface area contributed by atoms with Crippen LogP contribution in [0.2, 0.25) is 0 Å². The third-order valence-electron chi connectivity index (χ3n) is 1.93. The molecule has 1 heterocycles. The van der Waals surface area contributed by atoms with Gasteiger partial charge in [-0.15, -0.1) is 11.3 Å². The predicted molar refractivity (Wildman–Crippen MR) is 55.6 cm³/mol. The molecular formula is C10H17NS. The summed E-state index contributed by atoms with van der Waals surface area (Å²) < 4.78 is 0. The third-order valence-corrected chi connectivity index (χ3v) is 3.07. The average Bonchev–Trinajstić information content (AvgIpc) is 2.30. The minimum atomic E-state index is 0.172. The van der Waals surface area contributed by atoms with E-state index in [1.54, 1.807) is 11.3 Å². The maximum atomic E-state index is 5.78. The number of rotatable bonds is 1. The minimum Gasteiger partial charge on any atom is -0.324 e. The van der Waals surface area contributed by atoms with Gasteiger partial charge in [-0.25, -0.2) is 0 Å². The molecule has 0 aliphatic rings. The van der Waals surface area contributed by atoms with Gasteiger partial charge in [0, 0.05) is 10.9 Å². The highest BCUT2D eigenvalue weighted by Crippen LogP contribution is 2.29. The molecule has 0 aromatic carbocycles. The SMILES string of the molecule is CC(N)c1cc(C(C)(C)C)cs1. The summed E-state index contributed by atoms with van der Waals surface area (Å²) in [7, 11) is 0. The molecule has 0 saturated carbocycles. The van der Waals surface area contributed by atoms with Gasteiger partial charge < -0.3 is 5.73 Å². The highest BCUT2D eigenvalue weighted by Gasteiger charge is 2.16. The molecule has 1 rings (SSSR count). The maximum absolute atomic E-state index is 5.78. The van der Waals surface area contributed by atoms with Crippen LogP contribution in [0.3, 0.4) is 0 Å². The first-order chi connectivity index (χ1) is 5.41. The van der Waals surface area contributed by atoms with Crippen molar-refractivity contribution in [2.45, 2.75) is 39.2 Å². The first-order valence-electron chi connectivity index (χ1n) is 4.26. The molecule has 0 bridgehead atoms. The molecule has 0 radical (unpaired) electrons. The average molecular weight is 183 g/mol. The van der Waals surface area contributed by atoms with E-state index in [2.05, 4.69) is 32.2 Å². The van der Waals surface area contributed by atoms with E-state index in [0.29, 0.717) is 0 Å². The van der Waals surface area contributed by atoms with E-state index in [9.17, 15) is 0 Å². The van der Waals surface area contributed by atoms with Crippen molar-refractivity contribution in [1.82, 2.24) is 0 Å². The van der Waals surface area contributed by atoms with E-state index in [1.807, 2.05) is 6.92 Å². The predicted octanol–water partition coefficient (Wildman–Crippen LogP) is 3.07. The van der Waals surface area contributed by atoms with Gasteiger partial charge in [-0.05, 0) is 29.3 Å². The fourth-order valence-electron chi connectivity index (χ4n) is 0.985. The van der Waals surface area contributed by atoms with Gasteiger partial charge in [0.15, 0.2) is 0 Å². The molecule has 2 N–H and O–H groups in total. The summed E-state index contributed by atoms with van der Waals surface area (Å²) in [6.45, 7) is 8.69. The Hall–Kier alpha value is -0.340. The molecule has 0 fully saturated rings. The molecule has 0 aliphatic carbocycles. The van der Waals surface area contributed by atoms with Crippen LogP contribution in [0, 0.1) is 0 Å². The van der Waals surface area contributed by atoms with Gasteiger partial charge >= 0.3 is 0 Å². The van der Waals surface area contributed by atoms with E-state index in [1.165, 1.54) is 10.4 Å². The van der Waals surface area contributed by atoms with Gasteiger partial charge in [0.05, 0.1) is 0 Å². The molecule has 0 amide bonds. The smallest absolute Gasteiger partial charge is 0.0361 e. The Bertz CT molecular complexity index is 255. The second-order valence-electron chi connectivity index (χ2n) is 4.28. The lowest BCUT2D eigenvalue weighted by Crippen LogP contribution is -2.09. The summed E-state index contributed by atoms with van der Waals surface area (Å²) >= 11 is 1.76. The second-order valence-corrected chi connectivity index (χ2v) is 5.22. The van der Waals surface area contributed by atoms with Crippen molar-refractivity contribution < 1.29 is 0 Å². The molecule has 1 aromatic heterocycles. The Morgan fingerprint density at radius 1 is 1.42 bits per heavy atom. The van der Waals surface area contributed by atoms with Crippen LogP contribution in [0.25, 0.3) is 0 Å². The molecular weight excluding hydrogens is 166 g/mol. The van der Waals surface area contributed by atoms with Gasteiger partial charge in [0.25, 0.3) is 0 Å². The van der Waals surface area contributed by atoms with E-state index >= 15 is 0 Å². The molecule has 1 atom stereocenters. The molecule has 1 aromatic rings. The molecule has 0 saturated heterocycles. The maximum Gasteiger partial charge on any atom is 0.0361 e. The normalized spacial score (nSPS) is 14.8. The van der Waals surface area contributed by atoms with Crippen LogP contribution in [0.5, 0.6) is 0 Å². The minimum absolute atomic E-state index is 0.172. The topological polar surface area (TPSA) is 26.0 Å². The monoisotopic (exact) mass is 183 g/mol. The van der Waals surface area contributed by atoms with Crippen LogP contribution in [0.4, 0.5) is 0 Å². The molecule has 1 unspecified atom stereocenters. The zero-order chi connectivity index (χ0) is 9.35. The van der Waals surface area contributed by atoms with E-state index in [0.717, 1.165) is 0 Å². The lowest BCUT2D eigenvalue weighted by molar-refractivity contribution is 0.592. The zero-order valence-electron chi connectivity index (χ0n) is 8.22. The van der Waals surface area contributed by atoms with Crippen molar-refractivity contribution in [3.63, 3.8) is 0 Å². The lowest BCUT2D eigenvalue weighted by atomic mass is 9.89. The fourth-order valence-corrected chi connectivity index (χ4v) is 2.08. The van der Waals surface area contributed by atoms with Crippen molar-refractivity contribution >= 4 is 11.3 Å². The molecule has 68 valence electrons. The van der Waals surface area contributed by atoms with Gasteiger partial charge in [0.1, 0.15) is 0 Å². The summed E-state index contributed by atoms with van der Waals surface area (Å²) in [6.07, 6.45) is 0. The van der Waals surface area contributed by atoms with Crippen LogP contribution in [-0.2, 0) is 5.41 Å². The standard InChI is InChI=1S/C10H17NS/c1-7(11)9-5-8(6-12-9)10(2,3)4/h5-7H,11H2,1-4H3. The second kappa shape index (κ2) is 3.19. The van der Waals surface area contributed by atoms with Crippen molar-refractivity contribution in [3.8, 4) is 0 Å². The summed E-state index contributed by atoms with van der Waals surface area (Å²) in [4.78, 5) is 1.28. The molecule has 12 heavy (non-hydrogen) atoms. The third kappa shape index (κ3) is 2.08. The van der Waals surface area contributed by atoms with Crippen molar-refractivity contribution in [2.75, 3.05) is 0 Å². The van der Waals surface area contributed by atoms with Crippen molar-refractivity contribution in [3.05, 3.63) is 21.9 Å². The summed E-state index contributed by atoms with van der Waals surface area (Å²) in [6, 6.07) is 2.39. The number of hydrogen-bond acceptors (Lipinski definition) is 2. The van der Waals surface area contributed by atoms with E-state index in [-0.39, 0.29) is 11.5 Å².